The Labute approximate surface area is 208 Å². The molecule has 2 atom stereocenters. The topological polar surface area (TPSA) is 75.3 Å². The molecule has 196 valence electrons. The summed E-state index contributed by atoms with van der Waals surface area (Å²) in [5, 5.41) is 3.09. The lowest BCUT2D eigenvalue weighted by Gasteiger charge is -2.32. The van der Waals surface area contributed by atoms with E-state index < -0.39 is 37.3 Å². The number of anilines is 1. The van der Waals surface area contributed by atoms with E-state index >= 15 is 0 Å². The number of alkyl halides is 4. The normalized spacial score (nSPS) is 14.1. The highest BCUT2D eigenvalue weighted by molar-refractivity contribution is 7.54. The van der Waals surface area contributed by atoms with E-state index in [9.17, 15) is 17.7 Å². The van der Waals surface area contributed by atoms with Gasteiger partial charge in [-0.3, -0.25) is 4.57 Å². The molecule has 2 aromatic rings. The van der Waals surface area contributed by atoms with Gasteiger partial charge in [-0.2, -0.15) is 8.78 Å². The van der Waals surface area contributed by atoms with Crippen LogP contribution in [-0.2, 0) is 13.6 Å². The molecule has 0 heterocycles. The van der Waals surface area contributed by atoms with E-state index in [0.29, 0.717) is 22.7 Å². The molecule has 2 rings (SSSR count). The summed E-state index contributed by atoms with van der Waals surface area (Å²) in [6.45, 7) is 6.89. The van der Waals surface area contributed by atoms with Crippen molar-refractivity contribution in [3.63, 3.8) is 0 Å². The Kier molecular flexibility index (Phi) is 10.2. The summed E-state index contributed by atoms with van der Waals surface area (Å²) < 4.78 is 80.6. The van der Waals surface area contributed by atoms with Crippen LogP contribution in [-0.4, -0.2) is 38.2 Å². The van der Waals surface area contributed by atoms with Crippen molar-refractivity contribution in [3.8, 4) is 17.2 Å². The van der Waals surface area contributed by atoms with Crippen LogP contribution in [0.15, 0.2) is 42.5 Å². The zero-order valence-electron chi connectivity index (χ0n) is 20.3. The second-order valence-electron chi connectivity index (χ2n) is 7.99. The van der Waals surface area contributed by atoms with Gasteiger partial charge in [-0.05, 0) is 64.1 Å². The third-order valence-corrected chi connectivity index (χ3v) is 7.16. The van der Waals surface area contributed by atoms with Gasteiger partial charge in [0.25, 0.3) is 5.63 Å². The lowest BCUT2D eigenvalue weighted by molar-refractivity contribution is -0.199. The highest BCUT2D eigenvalue weighted by Crippen LogP contribution is 2.63. The van der Waals surface area contributed by atoms with Gasteiger partial charge in [-0.15, -0.1) is 0 Å². The van der Waals surface area contributed by atoms with Crippen LogP contribution in [0.25, 0.3) is 0 Å². The molecule has 0 spiro atoms. The van der Waals surface area contributed by atoms with Crippen LogP contribution in [0.1, 0.15) is 39.0 Å². The zero-order chi connectivity index (χ0) is 26.4. The minimum Gasteiger partial charge on any atom is -0.497 e. The largest absolute Gasteiger partial charge is 0.497 e. The fraction of sp³-hybridized carbons (Fsp3) is 0.478. The Morgan fingerprint density at radius 1 is 0.914 bits per heavy atom. The maximum Gasteiger partial charge on any atom is 0.444 e. The van der Waals surface area contributed by atoms with Gasteiger partial charge in [0.15, 0.2) is 5.78 Å². The van der Waals surface area contributed by atoms with E-state index in [1.54, 1.807) is 45.9 Å². The van der Waals surface area contributed by atoms with Gasteiger partial charge in [-0.25, -0.2) is 4.39 Å². The predicted molar refractivity (Wildman–Crippen MR) is 129 cm³/mol. The highest BCUT2D eigenvalue weighted by atomic mass is 35.5. The van der Waals surface area contributed by atoms with Crippen molar-refractivity contribution in [2.45, 2.75) is 57.4 Å². The Balaban J connectivity index is 2.51. The molecule has 0 fully saturated rings. The van der Waals surface area contributed by atoms with E-state index in [1.807, 2.05) is 0 Å². The van der Waals surface area contributed by atoms with Gasteiger partial charge in [0, 0.05) is 17.3 Å². The number of hydrogen-bond acceptors (Lipinski definition) is 7. The molecule has 0 saturated heterocycles. The standard InChI is InChI=1S/C23H30ClF3NO6P/c1-14(2)33-35(29,34-15(3)4)21(19-12-11-18(30-5)13-20(19)31-6)28-16-7-9-17(10-8-16)32-23(26,27)22(24)25/h7-15,21-22,28H,1-6H3. The van der Waals surface area contributed by atoms with Crippen LogP contribution in [0.4, 0.5) is 18.9 Å². The SMILES string of the molecule is COc1ccc(C(Nc2ccc(OC(F)(F)C(F)Cl)cc2)P(=O)(OC(C)C)OC(C)C)c(OC)c1. The van der Waals surface area contributed by atoms with Gasteiger partial charge in [0.2, 0.25) is 0 Å². The number of rotatable bonds is 13. The maximum absolute atomic E-state index is 14.1. The van der Waals surface area contributed by atoms with Gasteiger partial charge >= 0.3 is 13.7 Å². The molecule has 0 aliphatic rings. The average molecular weight is 540 g/mol. The first kappa shape index (κ1) is 29.1. The number of methoxy groups -OCH3 is 2. The van der Waals surface area contributed by atoms with Crippen molar-refractivity contribution in [1.82, 2.24) is 0 Å². The van der Waals surface area contributed by atoms with Crippen molar-refractivity contribution in [2.24, 2.45) is 0 Å². The first-order valence-corrected chi connectivity index (χ1v) is 12.8. The molecule has 12 heteroatoms. The summed E-state index contributed by atoms with van der Waals surface area (Å²) in [6.07, 6.45) is -5.10. The third kappa shape index (κ3) is 7.93. The summed E-state index contributed by atoms with van der Waals surface area (Å²) in [5.41, 5.74) is -2.20. The highest BCUT2D eigenvalue weighted by Gasteiger charge is 2.43. The van der Waals surface area contributed by atoms with Crippen molar-refractivity contribution < 1.29 is 41.0 Å². The van der Waals surface area contributed by atoms with Crippen molar-refractivity contribution in [2.75, 3.05) is 19.5 Å². The van der Waals surface area contributed by atoms with Gasteiger partial charge < -0.3 is 28.6 Å². The van der Waals surface area contributed by atoms with Crippen molar-refractivity contribution >= 4 is 24.9 Å². The number of ether oxygens (including phenoxy) is 3. The van der Waals surface area contributed by atoms with Crippen LogP contribution in [0.3, 0.4) is 0 Å². The van der Waals surface area contributed by atoms with Crippen LogP contribution in [0.5, 0.6) is 17.2 Å². The van der Waals surface area contributed by atoms with E-state index in [-0.39, 0.29) is 5.75 Å². The van der Waals surface area contributed by atoms with E-state index in [2.05, 4.69) is 10.1 Å². The third-order valence-electron chi connectivity index (χ3n) is 4.43. The maximum atomic E-state index is 14.1. The molecule has 7 nitrogen and oxygen atoms in total. The summed E-state index contributed by atoms with van der Waals surface area (Å²) in [4.78, 5) is 0. The molecule has 2 aromatic carbocycles. The minimum atomic E-state index is -4.21. The number of halogens is 4. The Hall–Kier alpha value is -2.13. The zero-order valence-corrected chi connectivity index (χ0v) is 21.9. The molecule has 1 N–H and O–H groups in total. The summed E-state index contributed by atoms with van der Waals surface area (Å²) >= 11 is 4.84. The first-order chi connectivity index (χ1) is 16.3. The molecule has 0 bridgehead atoms. The van der Waals surface area contributed by atoms with Gasteiger partial charge in [0.1, 0.15) is 17.2 Å². The molecule has 0 aromatic heterocycles. The molecular weight excluding hydrogens is 510 g/mol. The Bertz CT molecular complexity index is 993. The van der Waals surface area contributed by atoms with Gasteiger partial charge in [0.05, 0.1) is 26.4 Å². The molecule has 0 amide bonds. The Morgan fingerprint density at radius 3 is 1.91 bits per heavy atom. The second kappa shape index (κ2) is 12.2. The van der Waals surface area contributed by atoms with Gasteiger partial charge in [-0.1, -0.05) is 11.6 Å². The van der Waals surface area contributed by atoms with Crippen molar-refractivity contribution in [1.29, 1.82) is 0 Å². The lowest BCUT2D eigenvalue weighted by Crippen LogP contribution is -2.32. The molecule has 2 unspecified atom stereocenters. The smallest absolute Gasteiger partial charge is 0.444 e. The second-order valence-corrected chi connectivity index (χ2v) is 10.4. The number of nitrogens with one attached hydrogen (secondary N) is 1. The predicted octanol–water partition coefficient (Wildman–Crippen LogP) is 7.36. The molecule has 0 radical (unpaired) electrons. The quantitative estimate of drug-likeness (QED) is 0.210. The lowest BCUT2D eigenvalue weighted by atomic mass is 10.1. The Morgan fingerprint density at radius 2 is 1.46 bits per heavy atom. The summed E-state index contributed by atoms with van der Waals surface area (Å²) in [6, 6.07) is 10.1. The van der Waals surface area contributed by atoms with E-state index in [1.165, 1.54) is 38.5 Å². The van der Waals surface area contributed by atoms with Crippen LogP contribution in [0.2, 0.25) is 0 Å². The van der Waals surface area contributed by atoms with Crippen molar-refractivity contribution in [3.05, 3.63) is 48.0 Å². The van der Waals surface area contributed by atoms with E-state index in [0.717, 1.165) is 0 Å². The minimum absolute atomic E-state index is 0.317. The molecule has 35 heavy (non-hydrogen) atoms. The van der Waals surface area contributed by atoms with Crippen LogP contribution in [0, 0.1) is 0 Å². The monoisotopic (exact) mass is 539 g/mol. The van der Waals surface area contributed by atoms with E-state index in [4.69, 9.17) is 30.1 Å². The fourth-order valence-corrected chi connectivity index (χ4v) is 5.46. The van der Waals surface area contributed by atoms with Crippen LogP contribution < -0.4 is 19.5 Å². The fourth-order valence-electron chi connectivity index (χ4n) is 3.08. The molecule has 0 aliphatic carbocycles. The molecular formula is C23H30ClF3NO6P. The summed E-state index contributed by atoms with van der Waals surface area (Å²) in [5.74, 6) is -0.499. The molecule has 0 saturated carbocycles. The number of benzene rings is 2. The first-order valence-electron chi connectivity index (χ1n) is 10.7. The average Bonchev–Trinajstić information content (AvgIpc) is 2.76. The summed E-state index contributed by atoms with van der Waals surface area (Å²) in [7, 11) is -0.948. The van der Waals surface area contributed by atoms with Crippen LogP contribution >= 0.6 is 19.2 Å². The number of hydrogen-bond donors (Lipinski definition) is 1. The molecule has 0 aliphatic heterocycles.